The van der Waals surface area contributed by atoms with Crippen LogP contribution in [0, 0.1) is 11.7 Å². The average molecular weight is 413 g/mol. The van der Waals surface area contributed by atoms with Gasteiger partial charge in [0.2, 0.25) is 0 Å². The van der Waals surface area contributed by atoms with E-state index in [1.54, 1.807) is 41.3 Å². The first-order valence-corrected chi connectivity index (χ1v) is 10.2. The molecule has 6 heteroatoms. The van der Waals surface area contributed by atoms with Crippen molar-refractivity contribution in [3.63, 3.8) is 0 Å². The van der Waals surface area contributed by atoms with Crippen LogP contribution in [0.3, 0.4) is 0 Å². The highest BCUT2D eigenvalue weighted by Gasteiger charge is 2.35. The monoisotopic (exact) mass is 413 g/mol. The summed E-state index contributed by atoms with van der Waals surface area (Å²) < 4.78 is 24.5. The number of piperidine rings is 1. The summed E-state index contributed by atoms with van der Waals surface area (Å²) in [4.78, 5) is 26.6. The molecule has 160 valence electrons. The van der Waals surface area contributed by atoms with E-state index in [-0.39, 0.29) is 30.4 Å². The van der Waals surface area contributed by atoms with Crippen molar-refractivity contribution in [3.8, 4) is 0 Å². The second kappa shape index (κ2) is 9.28. The van der Waals surface area contributed by atoms with Crippen LogP contribution in [0.1, 0.15) is 49.0 Å². The Hall–Kier alpha value is -2.89. The Bertz CT molecular complexity index is 861. The summed E-state index contributed by atoms with van der Waals surface area (Å²) >= 11 is 0. The molecule has 0 radical (unpaired) electrons. The number of halogens is 1. The zero-order chi connectivity index (χ0) is 21.7. The Morgan fingerprint density at radius 3 is 2.37 bits per heavy atom. The third-order valence-electron chi connectivity index (χ3n) is 5.12. The lowest BCUT2D eigenvalue weighted by Gasteiger charge is -2.39. The van der Waals surface area contributed by atoms with Crippen LogP contribution in [0.4, 0.5) is 9.18 Å². The molecule has 0 aromatic heterocycles. The van der Waals surface area contributed by atoms with Crippen LogP contribution in [0.15, 0.2) is 54.6 Å². The minimum absolute atomic E-state index is 0.0489. The second-order valence-corrected chi connectivity index (χ2v) is 8.60. The summed E-state index contributed by atoms with van der Waals surface area (Å²) in [7, 11) is 0. The predicted molar refractivity (Wildman–Crippen MR) is 112 cm³/mol. The number of rotatable bonds is 4. The highest BCUT2D eigenvalue weighted by molar-refractivity contribution is 5.89. The molecule has 1 aliphatic heterocycles. The Balaban J connectivity index is 1.73. The number of carbonyl (C=O) groups is 2. The molecule has 0 aliphatic carbocycles. The molecule has 0 N–H and O–H groups in total. The van der Waals surface area contributed by atoms with E-state index in [0.717, 1.165) is 5.56 Å². The van der Waals surface area contributed by atoms with Crippen LogP contribution in [-0.4, -0.2) is 42.3 Å². The fourth-order valence-electron chi connectivity index (χ4n) is 3.68. The minimum atomic E-state index is -0.583. The SMILES string of the molecule is CC(C)(C)OC(=O)N1CC[C@H](c2ccc(F)cc2)[C@@H](COC(=O)c2ccccc2)C1. The predicted octanol–water partition coefficient (Wildman–Crippen LogP) is 5.02. The molecule has 3 rings (SSSR count). The number of hydrogen-bond donors (Lipinski definition) is 0. The van der Waals surface area contributed by atoms with Crippen molar-refractivity contribution in [2.24, 2.45) is 5.92 Å². The number of likely N-dealkylation sites (tertiary alicyclic amines) is 1. The zero-order valence-corrected chi connectivity index (χ0v) is 17.6. The van der Waals surface area contributed by atoms with Crippen molar-refractivity contribution in [2.45, 2.75) is 38.7 Å². The molecule has 1 saturated heterocycles. The van der Waals surface area contributed by atoms with Gasteiger partial charge in [0.25, 0.3) is 0 Å². The van der Waals surface area contributed by atoms with Crippen molar-refractivity contribution in [3.05, 3.63) is 71.5 Å². The number of benzene rings is 2. The summed E-state index contributed by atoms with van der Waals surface area (Å²) in [5.74, 6) is -0.767. The Kier molecular flexibility index (Phi) is 6.75. The average Bonchev–Trinajstić information content (AvgIpc) is 2.72. The number of ether oxygens (including phenoxy) is 2. The second-order valence-electron chi connectivity index (χ2n) is 8.60. The molecule has 1 heterocycles. The van der Waals surface area contributed by atoms with E-state index in [1.165, 1.54) is 12.1 Å². The van der Waals surface area contributed by atoms with Gasteiger partial charge in [-0.15, -0.1) is 0 Å². The van der Waals surface area contributed by atoms with Crippen molar-refractivity contribution in [2.75, 3.05) is 19.7 Å². The molecule has 30 heavy (non-hydrogen) atoms. The lowest BCUT2D eigenvalue weighted by atomic mass is 9.81. The summed E-state index contributed by atoms with van der Waals surface area (Å²) in [6, 6.07) is 15.2. The summed E-state index contributed by atoms with van der Waals surface area (Å²) in [5.41, 5.74) is 0.872. The van der Waals surface area contributed by atoms with Crippen molar-refractivity contribution < 1.29 is 23.5 Å². The summed E-state index contributed by atoms with van der Waals surface area (Å²) in [6.45, 7) is 6.58. The number of hydrogen-bond acceptors (Lipinski definition) is 4. The van der Waals surface area contributed by atoms with Crippen LogP contribution in [-0.2, 0) is 9.47 Å². The van der Waals surface area contributed by atoms with Crippen LogP contribution in [0.25, 0.3) is 0 Å². The molecule has 0 saturated carbocycles. The normalized spacial score (nSPS) is 19.3. The van der Waals surface area contributed by atoms with Gasteiger partial charge in [-0.3, -0.25) is 0 Å². The molecular formula is C24H28FNO4. The molecule has 2 aromatic carbocycles. The Morgan fingerprint density at radius 1 is 1.07 bits per heavy atom. The van der Waals surface area contributed by atoms with E-state index in [4.69, 9.17) is 9.47 Å². The number of nitrogens with zero attached hydrogens (tertiary/aromatic N) is 1. The van der Waals surface area contributed by atoms with E-state index in [0.29, 0.717) is 25.1 Å². The third kappa shape index (κ3) is 5.81. The van der Waals surface area contributed by atoms with E-state index < -0.39 is 11.6 Å². The topological polar surface area (TPSA) is 55.8 Å². The molecule has 1 fully saturated rings. The maximum Gasteiger partial charge on any atom is 0.410 e. The summed E-state index contributed by atoms with van der Waals surface area (Å²) in [5, 5.41) is 0. The molecular weight excluding hydrogens is 385 g/mol. The van der Waals surface area contributed by atoms with Crippen LogP contribution < -0.4 is 0 Å². The van der Waals surface area contributed by atoms with Gasteiger partial charge in [0.15, 0.2) is 0 Å². The fourth-order valence-corrected chi connectivity index (χ4v) is 3.68. The quantitative estimate of drug-likeness (QED) is 0.660. The molecule has 1 amide bonds. The standard InChI is InChI=1S/C24H28FNO4/c1-24(2,3)30-23(28)26-14-13-21(17-9-11-20(25)12-10-17)19(15-26)16-29-22(27)18-7-5-4-6-8-18/h4-12,19,21H,13-16H2,1-3H3/t19-,21-/m1/s1. The largest absolute Gasteiger partial charge is 0.462 e. The van der Waals surface area contributed by atoms with Gasteiger partial charge in [0, 0.05) is 19.0 Å². The van der Waals surface area contributed by atoms with Crippen molar-refractivity contribution >= 4 is 12.1 Å². The van der Waals surface area contributed by atoms with Gasteiger partial charge in [0.1, 0.15) is 11.4 Å². The Labute approximate surface area is 176 Å². The van der Waals surface area contributed by atoms with Crippen LogP contribution in [0.5, 0.6) is 0 Å². The van der Waals surface area contributed by atoms with Gasteiger partial charge in [-0.1, -0.05) is 30.3 Å². The first kappa shape index (κ1) is 21.8. The number of amides is 1. The molecule has 0 bridgehead atoms. The molecule has 0 unspecified atom stereocenters. The molecule has 1 aliphatic rings. The smallest absolute Gasteiger partial charge is 0.410 e. The number of esters is 1. The van der Waals surface area contributed by atoms with Gasteiger partial charge >= 0.3 is 12.1 Å². The fraction of sp³-hybridized carbons (Fsp3) is 0.417. The maximum atomic E-state index is 13.4. The molecule has 0 spiro atoms. The van der Waals surface area contributed by atoms with Gasteiger partial charge in [-0.05, 0) is 62.9 Å². The zero-order valence-electron chi connectivity index (χ0n) is 17.6. The van der Waals surface area contributed by atoms with E-state index in [1.807, 2.05) is 26.8 Å². The van der Waals surface area contributed by atoms with Gasteiger partial charge < -0.3 is 14.4 Å². The summed E-state index contributed by atoms with van der Waals surface area (Å²) in [6.07, 6.45) is 0.303. The first-order chi connectivity index (χ1) is 14.2. The molecule has 2 atom stereocenters. The first-order valence-electron chi connectivity index (χ1n) is 10.2. The lowest BCUT2D eigenvalue weighted by molar-refractivity contribution is 0.00525. The molecule has 2 aromatic rings. The maximum absolute atomic E-state index is 13.4. The van der Waals surface area contributed by atoms with Gasteiger partial charge in [-0.25, -0.2) is 14.0 Å². The van der Waals surface area contributed by atoms with Gasteiger partial charge in [-0.2, -0.15) is 0 Å². The minimum Gasteiger partial charge on any atom is -0.462 e. The highest BCUT2D eigenvalue weighted by Crippen LogP contribution is 2.34. The Morgan fingerprint density at radius 2 is 1.73 bits per heavy atom. The van der Waals surface area contributed by atoms with Crippen molar-refractivity contribution in [1.29, 1.82) is 0 Å². The van der Waals surface area contributed by atoms with Crippen molar-refractivity contribution in [1.82, 2.24) is 4.90 Å². The molecule has 5 nitrogen and oxygen atoms in total. The van der Waals surface area contributed by atoms with E-state index >= 15 is 0 Å². The third-order valence-corrected chi connectivity index (χ3v) is 5.12. The van der Waals surface area contributed by atoms with E-state index in [2.05, 4.69) is 0 Å². The lowest BCUT2D eigenvalue weighted by Crippen LogP contribution is -2.46. The number of carbonyl (C=O) groups excluding carboxylic acids is 2. The highest BCUT2D eigenvalue weighted by atomic mass is 19.1. The van der Waals surface area contributed by atoms with E-state index in [9.17, 15) is 14.0 Å². The van der Waals surface area contributed by atoms with Crippen LogP contribution >= 0.6 is 0 Å². The van der Waals surface area contributed by atoms with Gasteiger partial charge in [0.05, 0.1) is 12.2 Å². The van der Waals surface area contributed by atoms with Crippen LogP contribution in [0.2, 0.25) is 0 Å².